The zero-order chi connectivity index (χ0) is 36.3. The first-order chi connectivity index (χ1) is 23.4. The minimum Gasteiger partial charge on any atom is -1.00 e. The van der Waals surface area contributed by atoms with Crippen molar-refractivity contribution in [3.8, 4) is 22.3 Å². The normalized spacial score (nSPS) is 19.7. The van der Waals surface area contributed by atoms with Gasteiger partial charge in [0.1, 0.15) is 12.1 Å². The van der Waals surface area contributed by atoms with E-state index in [0.717, 1.165) is 22.3 Å². The summed E-state index contributed by atoms with van der Waals surface area (Å²) in [6, 6.07) is 27.6. The molecule has 0 atom stereocenters. The van der Waals surface area contributed by atoms with E-state index in [-0.39, 0.29) is 59.9 Å². The lowest BCUT2D eigenvalue weighted by atomic mass is 10.00. The second-order valence-corrected chi connectivity index (χ2v) is 10.8. The Bertz CT molecular complexity index is 1610. The maximum atomic E-state index is 8.71. The fraction of sp³-hybridized carbons (Fsp3) is 0.333. The zero-order valence-corrected chi connectivity index (χ0v) is 25.5. The summed E-state index contributed by atoms with van der Waals surface area (Å²) >= 11 is 0. The molecule has 0 spiro atoms. The number of benzene rings is 4. The van der Waals surface area contributed by atoms with Crippen LogP contribution in [0.25, 0.3) is 22.3 Å². The monoisotopic (exact) mass is 672 g/mol. The number of rotatable bonds is 9. The van der Waals surface area contributed by atoms with Gasteiger partial charge in [-0.3, -0.25) is 0 Å². The van der Waals surface area contributed by atoms with E-state index < -0.39 is 49.0 Å². The summed E-state index contributed by atoms with van der Waals surface area (Å²) in [5.41, 5.74) is 5.94. The average Bonchev–Trinajstić information content (AvgIpc) is 3.54. The number of fused-ring (bicyclic) bond motifs is 6. The number of quaternary nitrogens is 2. The largest absolute Gasteiger partial charge is 1.00 e. The van der Waals surface area contributed by atoms with Crippen molar-refractivity contribution in [2.45, 2.75) is 37.8 Å². The van der Waals surface area contributed by atoms with Crippen molar-refractivity contribution < 1.29 is 59.4 Å². The third-order valence-corrected chi connectivity index (χ3v) is 8.26. The van der Waals surface area contributed by atoms with Gasteiger partial charge < -0.3 is 42.9 Å². The molecule has 4 aromatic carbocycles. The summed E-state index contributed by atoms with van der Waals surface area (Å²) in [5, 5.41) is 0. The number of unbranched alkanes of at least 4 members (excludes halogenated alkanes) is 3. The topological polar surface area (TPSA) is 0 Å². The van der Waals surface area contributed by atoms with E-state index in [1.165, 1.54) is 0 Å². The van der Waals surface area contributed by atoms with E-state index in [9.17, 15) is 0 Å². The van der Waals surface area contributed by atoms with Crippen molar-refractivity contribution >= 4 is 0 Å². The second-order valence-electron chi connectivity index (χ2n) is 10.8. The summed E-state index contributed by atoms with van der Waals surface area (Å²) in [5.74, 6) is 0. The minimum atomic E-state index is -2.90. The van der Waals surface area contributed by atoms with Gasteiger partial charge in [-0.1, -0.05) is 97.1 Å². The Hall–Kier alpha value is -2.24. The molecule has 6 rings (SSSR count). The third kappa shape index (κ3) is 5.48. The molecule has 0 fully saturated rings. The van der Waals surface area contributed by atoms with Crippen LogP contribution >= 0.6 is 0 Å². The SMILES string of the molecule is [2H]C([2H])([2H])[N+](CCCCCC[N+](C1c2ccccc2-c2ccccc21)(C([2H])([2H])[2H])C([2H])([2H])[2H])(C1c2ccccc2-c2ccccc21)C([2H])([2H])[2H].[Br-].[Br-]. The molecule has 4 heteroatoms. The Morgan fingerprint density at radius 3 is 1.00 bits per heavy atom. The Morgan fingerprint density at radius 1 is 0.450 bits per heavy atom. The van der Waals surface area contributed by atoms with E-state index in [4.69, 9.17) is 16.4 Å². The van der Waals surface area contributed by atoms with Gasteiger partial charge in [-0.05, 0) is 47.9 Å². The van der Waals surface area contributed by atoms with Crippen LogP contribution in [0.1, 0.15) is 76.5 Å². The Morgan fingerprint density at radius 2 is 0.725 bits per heavy atom. The molecule has 0 saturated carbocycles. The van der Waals surface area contributed by atoms with Crippen LogP contribution in [0.4, 0.5) is 0 Å². The molecule has 0 amide bonds. The van der Waals surface area contributed by atoms with Crippen LogP contribution in [0.3, 0.4) is 0 Å². The fourth-order valence-electron chi connectivity index (χ4n) is 6.54. The molecule has 4 aromatic rings. The molecular formula is C36H42Br2N2. The molecule has 0 radical (unpaired) electrons. The highest BCUT2D eigenvalue weighted by Crippen LogP contribution is 2.49. The van der Waals surface area contributed by atoms with Gasteiger partial charge in [0.25, 0.3) is 0 Å². The fourth-order valence-corrected chi connectivity index (χ4v) is 6.54. The van der Waals surface area contributed by atoms with Crippen molar-refractivity contribution in [1.82, 2.24) is 0 Å². The van der Waals surface area contributed by atoms with Gasteiger partial charge in [-0.2, -0.15) is 0 Å². The van der Waals surface area contributed by atoms with E-state index in [0.29, 0.717) is 35.1 Å². The highest BCUT2D eigenvalue weighted by Gasteiger charge is 2.40. The van der Waals surface area contributed by atoms with E-state index in [1.54, 1.807) is 24.3 Å². The molecule has 0 N–H and O–H groups in total. The molecule has 0 aromatic heterocycles. The van der Waals surface area contributed by atoms with Crippen LogP contribution in [0, 0.1) is 0 Å². The zero-order valence-electron chi connectivity index (χ0n) is 34.3. The quantitative estimate of drug-likeness (QED) is 0.189. The summed E-state index contributed by atoms with van der Waals surface area (Å²) in [6.07, 6.45) is 1.24. The highest BCUT2D eigenvalue weighted by atomic mass is 79.9. The van der Waals surface area contributed by atoms with E-state index in [1.807, 2.05) is 72.8 Å². The van der Waals surface area contributed by atoms with Crippen molar-refractivity contribution in [2.24, 2.45) is 0 Å². The van der Waals surface area contributed by atoms with Crippen LogP contribution in [-0.4, -0.2) is 50.0 Å². The lowest BCUT2D eigenvalue weighted by Gasteiger charge is -2.38. The molecule has 0 saturated heterocycles. The highest BCUT2D eigenvalue weighted by molar-refractivity contribution is 5.78. The first-order valence-corrected chi connectivity index (χ1v) is 13.5. The van der Waals surface area contributed by atoms with Gasteiger partial charge >= 0.3 is 0 Å². The van der Waals surface area contributed by atoms with Gasteiger partial charge in [0.05, 0.1) is 57.4 Å². The van der Waals surface area contributed by atoms with E-state index >= 15 is 0 Å². The summed E-state index contributed by atoms with van der Waals surface area (Å²) in [7, 11) is 0. The molecule has 2 aliphatic rings. The smallest absolute Gasteiger partial charge is 0.141 e. The molecule has 0 aliphatic heterocycles. The Labute approximate surface area is 279 Å². The maximum Gasteiger partial charge on any atom is 0.141 e. The third-order valence-electron chi connectivity index (χ3n) is 8.26. The molecule has 2 aliphatic carbocycles. The molecular weight excluding hydrogens is 620 g/mol. The van der Waals surface area contributed by atoms with Crippen molar-refractivity contribution in [1.29, 1.82) is 0 Å². The van der Waals surface area contributed by atoms with Gasteiger partial charge in [-0.25, -0.2) is 0 Å². The van der Waals surface area contributed by atoms with Crippen LogP contribution in [0.2, 0.25) is 0 Å². The summed E-state index contributed by atoms with van der Waals surface area (Å²) in [6.45, 7) is -12.0. The first kappa shape index (κ1) is 18.3. The molecule has 210 valence electrons. The number of nitrogens with zero attached hydrogens (tertiary/aromatic N) is 2. The van der Waals surface area contributed by atoms with Crippen LogP contribution in [0.15, 0.2) is 97.1 Å². The molecule has 0 heterocycles. The Kier molecular flexibility index (Phi) is 5.65. The molecule has 2 nitrogen and oxygen atoms in total. The van der Waals surface area contributed by atoms with Crippen molar-refractivity contribution in [3.05, 3.63) is 119 Å². The van der Waals surface area contributed by atoms with Gasteiger partial charge in [0.2, 0.25) is 0 Å². The predicted molar refractivity (Wildman–Crippen MR) is 160 cm³/mol. The Balaban J connectivity index is 0.00000302. The number of hydrogen-bond donors (Lipinski definition) is 0. The standard InChI is InChI=1S/C36H42N2.2BrH/c1-37(2,35-31-21-11-7-17-27(31)28-18-8-12-22-32(28)35)25-15-5-6-16-26-38(3,4)36-33-23-13-9-19-29(33)30-20-10-14-24-34(30)36;;/h7-14,17-24,35-36H,5-6,15-16,25-26H2,1-4H3;2*1H/q+2;;/p-2/i1D3,2D3,3D3,4D3;;. The van der Waals surface area contributed by atoms with Gasteiger partial charge in [0.15, 0.2) is 0 Å². The molecule has 0 bridgehead atoms. The lowest BCUT2D eigenvalue weighted by Crippen LogP contribution is -3.00. The average molecular weight is 675 g/mol. The van der Waals surface area contributed by atoms with Crippen LogP contribution in [0.5, 0.6) is 0 Å². The van der Waals surface area contributed by atoms with Crippen LogP contribution in [-0.2, 0) is 0 Å². The summed E-state index contributed by atoms with van der Waals surface area (Å²) in [4.78, 5) is 0. The lowest BCUT2D eigenvalue weighted by molar-refractivity contribution is -0.915. The van der Waals surface area contributed by atoms with Crippen molar-refractivity contribution in [3.63, 3.8) is 0 Å². The number of hydrogen-bond acceptors (Lipinski definition) is 0. The van der Waals surface area contributed by atoms with Gasteiger partial charge in [0, 0.05) is 22.3 Å². The number of halogens is 2. The van der Waals surface area contributed by atoms with Crippen molar-refractivity contribution in [2.75, 3.05) is 41.0 Å². The summed E-state index contributed by atoms with van der Waals surface area (Å²) < 4.78 is 102. The second kappa shape index (κ2) is 12.3. The molecule has 40 heavy (non-hydrogen) atoms. The van der Waals surface area contributed by atoms with E-state index in [2.05, 4.69) is 0 Å². The first-order valence-electron chi connectivity index (χ1n) is 19.5. The molecule has 0 unspecified atom stereocenters. The minimum absolute atomic E-state index is 0. The maximum absolute atomic E-state index is 8.71. The van der Waals surface area contributed by atoms with Crippen LogP contribution < -0.4 is 34.0 Å². The van der Waals surface area contributed by atoms with Gasteiger partial charge in [-0.15, -0.1) is 0 Å². The predicted octanol–water partition coefficient (Wildman–Crippen LogP) is 2.25.